The molecule has 1 rings (SSSR count). The van der Waals surface area contributed by atoms with E-state index in [2.05, 4.69) is 0 Å². The second-order valence-electron chi connectivity index (χ2n) is 4.35. The molecule has 0 aliphatic carbocycles. The number of carbonyl (C=O) groups is 1. The summed E-state index contributed by atoms with van der Waals surface area (Å²) in [4.78, 5) is 21.8. The Morgan fingerprint density at radius 2 is 2.16 bits per heavy atom. The predicted molar refractivity (Wildman–Crippen MR) is 73.3 cm³/mol. The molecule has 0 radical (unpaired) electrons. The zero-order valence-electron chi connectivity index (χ0n) is 10.7. The smallest absolute Gasteiger partial charge is 0.305 e. The third-order valence-corrected chi connectivity index (χ3v) is 3.46. The first kappa shape index (κ1) is 15.5. The molecule has 6 nitrogen and oxygen atoms in total. The van der Waals surface area contributed by atoms with Gasteiger partial charge in [-0.1, -0.05) is 13.8 Å². The van der Waals surface area contributed by atoms with Gasteiger partial charge >= 0.3 is 5.97 Å². The van der Waals surface area contributed by atoms with E-state index in [1.54, 1.807) is 6.07 Å². The van der Waals surface area contributed by atoms with Gasteiger partial charge in [-0.3, -0.25) is 14.9 Å². The average molecular weight is 284 g/mol. The zero-order valence-corrected chi connectivity index (χ0v) is 11.5. The quantitative estimate of drug-likeness (QED) is 0.472. The molecule has 0 spiro atoms. The Labute approximate surface area is 115 Å². The van der Waals surface area contributed by atoms with Crippen LogP contribution in [-0.2, 0) is 4.79 Å². The summed E-state index contributed by atoms with van der Waals surface area (Å²) >= 11 is 1.51. The molecule has 0 amide bonds. The standard InChI is InChI=1S/C12H16N2O4S/c1-7(2)19-11-4-3-8(14(17)18)5-9(11)10(13)6-12(15)16/h3-5,7,10H,6,13H2,1-2H3,(H,15,16). The van der Waals surface area contributed by atoms with Gasteiger partial charge in [-0.05, 0) is 11.6 Å². The molecular formula is C12H16N2O4S. The fourth-order valence-corrected chi connectivity index (χ4v) is 2.60. The molecule has 19 heavy (non-hydrogen) atoms. The number of nitro benzene ring substituents is 1. The first-order valence-corrected chi connectivity index (χ1v) is 6.61. The number of hydrogen-bond donors (Lipinski definition) is 2. The molecule has 7 heteroatoms. The van der Waals surface area contributed by atoms with Crippen molar-refractivity contribution in [1.82, 2.24) is 0 Å². The molecule has 104 valence electrons. The van der Waals surface area contributed by atoms with Crippen molar-refractivity contribution in [2.45, 2.75) is 36.5 Å². The van der Waals surface area contributed by atoms with E-state index in [4.69, 9.17) is 10.8 Å². The molecule has 1 aromatic carbocycles. The first-order valence-electron chi connectivity index (χ1n) is 5.73. The molecule has 0 saturated heterocycles. The maximum absolute atomic E-state index is 10.8. The number of thioether (sulfide) groups is 1. The molecule has 0 saturated carbocycles. The number of benzene rings is 1. The van der Waals surface area contributed by atoms with Crippen LogP contribution in [0.2, 0.25) is 0 Å². The van der Waals surface area contributed by atoms with Crippen LogP contribution in [0.25, 0.3) is 0 Å². The van der Waals surface area contributed by atoms with E-state index < -0.39 is 16.9 Å². The third kappa shape index (κ3) is 4.53. The van der Waals surface area contributed by atoms with Crippen LogP contribution in [0, 0.1) is 10.1 Å². The van der Waals surface area contributed by atoms with Crippen LogP contribution >= 0.6 is 11.8 Å². The van der Waals surface area contributed by atoms with Crippen molar-refractivity contribution in [2.75, 3.05) is 0 Å². The Morgan fingerprint density at radius 3 is 2.63 bits per heavy atom. The fraction of sp³-hybridized carbons (Fsp3) is 0.417. The van der Waals surface area contributed by atoms with Crippen LogP contribution in [-0.4, -0.2) is 21.2 Å². The van der Waals surface area contributed by atoms with Crippen LogP contribution in [0.3, 0.4) is 0 Å². The van der Waals surface area contributed by atoms with Crippen LogP contribution in [0.15, 0.2) is 23.1 Å². The molecular weight excluding hydrogens is 268 g/mol. The highest BCUT2D eigenvalue weighted by molar-refractivity contribution is 8.00. The Bertz CT molecular complexity index is 491. The molecule has 3 N–H and O–H groups in total. The van der Waals surface area contributed by atoms with E-state index in [1.165, 1.54) is 23.9 Å². The lowest BCUT2D eigenvalue weighted by molar-refractivity contribution is -0.385. The van der Waals surface area contributed by atoms with Crippen molar-refractivity contribution in [2.24, 2.45) is 5.73 Å². The number of hydrogen-bond acceptors (Lipinski definition) is 5. The number of nitro groups is 1. The molecule has 1 atom stereocenters. The second kappa shape index (κ2) is 6.53. The Hall–Kier alpha value is -1.60. The molecule has 0 aliphatic heterocycles. The van der Waals surface area contributed by atoms with Crippen molar-refractivity contribution < 1.29 is 14.8 Å². The molecule has 0 aliphatic rings. The van der Waals surface area contributed by atoms with Crippen LogP contribution in [0.1, 0.15) is 31.9 Å². The molecule has 0 bridgehead atoms. The number of rotatable bonds is 6. The number of non-ortho nitro benzene ring substituents is 1. The molecule has 1 aromatic rings. The highest BCUT2D eigenvalue weighted by Crippen LogP contribution is 2.33. The third-order valence-electron chi connectivity index (χ3n) is 2.36. The van der Waals surface area contributed by atoms with Gasteiger partial charge in [-0.2, -0.15) is 0 Å². The lowest BCUT2D eigenvalue weighted by Gasteiger charge is -2.15. The van der Waals surface area contributed by atoms with Gasteiger partial charge in [-0.15, -0.1) is 11.8 Å². The van der Waals surface area contributed by atoms with E-state index in [9.17, 15) is 14.9 Å². The first-order chi connectivity index (χ1) is 8.81. The predicted octanol–water partition coefficient (Wildman–Crippen LogP) is 2.57. The Balaban J connectivity index is 3.16. The summed E-state index contributed by atoms with van der Waals surface area (Å²) < 4.78 is 0. The summed E-state index contributed by atoms with van der Waals surface area (Å²) in [5.74, 6) is -1.03. The van der Waals surface area contributed by atoms with E-state index in [1.807, 2.05) is 13.8 Å². The number of carboxylic acids is 1. The van der Waals surface area contributed by atoms with Crippen molar-refractivity contribution in [3.8, 4) is 0 Å². The van der Waals surface area contributed by atoms with E-state index >= 15 is 0 Å². The van der Waals surface area contributed by atoms with Gasteiger partial charge in [0.2, 0.25) is 0 Å². The van der Waals surface area contributed by atoms with Crippen molar-refractivity contribution in [3.63, 3.8) is 0 Å². The van der Waals surface area contributed by atoms with Gasteiger partial charge in [-0.25, -0.2) is 0 Å². The minimum Gasteiger partial charge on any atom is -0.481 e. The van der Waals surface area contributed by atoms with Gasteiger partial charge < -0.3 is 10.8 Å². The van der Waals surface area contributed by atoms with E-state index in [-0.39, 0.29) is 17.4 Å². The van der Waals surface area contributed by atoms with Gasteiger partial charge in [0.05, 0.1) is 11.3 Å². The largest absolute Gasteiger partial charge is 0.481 e. The van der Waals surface area contributed by atoms with Crippen LogP contribution in [0.4, 0.5) is 5.69 Å². The zero-order chi connectivity index (χ0) is 14.6. The summed E-state index contributed by atoms with van der Waals surface area (Å²) in [6.45, 7) is 3.97. The lowest BCUT2D eigenvalue weighted by atomic mass is 10.0. The summed E-state index contributed by atoms with van der Waals surface area (Å²) in [5, 5.41) is 19.8. The summed E-state index contributed by atoms with van der Waals surface area (Å²) in [6.07, 6.45) is -0.257. The van der Waals surface area contributed by atoms with E-state index in [0.717, 1.165) is 4.90 Å². The van der Waals surface area contributed by atoms with Crippen LogP contribution < -0.4 is 5.73 Å². The monoisotopic (exact) mass is 284 g/mol. The van der Waals surface area contributed by atoms with Crippen molar-refractivity contribution >= 4 is 23.4 Å². The lowest BCUT2D eigenvalue weighted by Crippen LogP contribution is -2.16. The van der Waals surface area contributed by atoms with Crippen molar-refractivity contribution in [1.29, 1.82) is 0 Å². The normalized spacial score (nSPS) is 12.4. The second-order valence-corrected chi connectivity index (χ2v) is 5.97. The maximum Gasteiger partial charge on any atom is 0.305 e. The minimum absolute atomic E-state index is 0.0797. The summed E-state index contributed by atoms with van der Waals surface area (Å²) in [5.41, 5.74) is 6.25. The highest BCUT2D eigenvalue weighted by Gasteiger charge is 2.19. The fourth-order valence-electron chi connectivity index (χ4n) is 1.60. The summed E-state index contributed by atoms with van der Waals surface area (Å²) in [6, 6.07) is 3.64. The number of nitrogens with zero attached hydrogens (tertiary/aromatic N) is 1. The molecule has 0 heterocycles. The van der Waals surface area contributed by atoms with Gasteiger partial charge in [0, 0.05) is 28.3 Å². The molecule has 0 fully saturated rings. The molecule has 1 unspecified atom stereocenters. The highest BCUT2D eigenvalue weighted by atomic mass is 32.2. The number of nitrogens with two attached hydrogens (primary N) is 1. The Kier molecular flexibility index (Phi) is 5.31. The maximum atomic E-state index is 10.8. The number of aliphatic carboxylic acids is 1. The van der Waals surface area contributed by atoms with Crippen molar-refractivity contribution in [3.05, 3.63) is 33.9 Å². The van der Waals surface area contributed by atoms with Gasteiger partial charge in [0.15, 0.2) is 0 Å². The van der Waals surface area contributed by atoms with Gasteiger partial charge in [0.25, 0.3) is 5.69 Å². The number of carboxylic acid groups (broad SMARTS) is 1. The summed E-state index contributed by atoms with van der Waals surface area (Å²) in [7, 11) is 0. The average Bonchev–Trinajstić information content (AvgIpc) is 2.27. The molecule has 0 aromatic heterocycles. The van der Waals surface area contributed by atoms with E-state index in [0.29, 0.717) is 5.56 Å². The van der Waals surface area contributed by atoms with Gasteiger partial charge in [0.1, 0.15) is 0 Å². The van der Waals surface area contributed by atoms with Crippen LogP contribution in [0.5, 0.6) is 0 Å². The minimum atomic E-state index is -1.03. The topological polar surface area (TPSA) is 106 Å². The SMILES string of the molecule is CC(C)Sc1ccc([N+](=O)[O-])cc1C(N)CC(=O)O. The Morgan fingerprint density at radius 1 is 1.53 bits per heavy atom.